The van der Waals surface area contributed by atoms with Gasteiger partial charge in [-0.05, 0) is 23.7 Å². The van der Waals surface area contributed by atoms with E-state index in [9.17, 15) is 5.11 Å². The van der Waals surface area contributed by atoms with Crippen molar-refractivity contribution >= 4 is 0 Å². The van der Waals surface area contributed by atoms with E-state index in [2.05, 4.69) is 34.6 Å². The molecule has 0 heterocycles. The van der Waals surface area contributed by atoms with E-state index in [1.807, 2.05) is 0 Å². The molecule has 0 saturated carbocycles. The van der Waals surface area contributed by atoms with Crippen LogP contribution in [0.1, 0.15) is 47.5 Å². The molecule has 0 aromatic rings. The normalized spacial score (nSPS) is 15.2. The molecule has 0 saturated heterocycles. The first-order valence-electron chi connectivity index (χ1n) is 5.06. The summed E-state index contributed by atoms with van der Waals surface area (Å²) >= 11 is 0. The average Bonchev–Trinajstić information content (AvgIpc) is 1.99. The first kappa shape index (κ1) is 12.0. The van der Waals surface area contributed by atoms with Crippen molar-refractivity contribution in [2.45, 2.75) is 47.5 Å². The number of hydrogen-bond acceptors (Lipinski definition) is 1. The van der Waals surface area contributed by atoms with Crippen molar-refractivity contribution in [2.75, 3.05) is 6.61 Å². The van der Waals surface area contributed by atoms with E-state index in [4.69, 9.17) is 0 Å². The highest BCUT2D eigenvalue weighted by molar-refractivity contribution is 4.79. The Hall–Kier alpha value is -0.0400. The Kier molecular flexibility index (Phi) is 4.84. The molecule has 0 rings (SSSR count). The van der Waals surface area contributed by atoms with Gasteiger partial charge in [0.25, 0.3) is 0 Å². The first-order valence-corrected chi connectivity index (χ1v) is 5.06. The summed E-state index contributed by atoms with van der Waals surface area (Å²) in [5, 5.41) is 9.24. The summed E-state index contributed by atoms with van der Waals surface area (Å²) < 4.78 is 0. The minimum Gasteiger partial charge on any atom is -0.396 e. The second-order valence-corrected chi connectivity index (χ2v) is 4.79. The molecule has 0 aromatic heterocycles. The van der Waals surface area contributed by atoms with Gasteiger partial charge in [-0.2, -0.15) is 0 Å². The van der Waals surface area contributed by atoms with Crippen LogP contribution >= 0.6 is 0 Å². The van der Waals surface area contributed by atoms with Gasteiger partial charge in [-0.1, -0.05) is 41.0 Å². The van der Waals surface area contributed by atoms with Gasteiger partial charge >= 0.3 is 0 Å². The predicted octanol–water partition coefficient (Wildman–Crippen LogP) is 3.08. The molecule has 0 spiro atoms. The fourth-order valence-corrected chi connectivity index (χ4v) is 2.05. The molecule has 0 aromatic carbocycles. The molecule has 0 amide bonds. The molecule has 74 valence electrons. The zero-order chi connectivity index (χ0) is 9.78. The zero-order valence-electron chi connectivity index (χ0n) is 9.22. The van der Waals surface area contributed by atoms with E-state index >= 15 is 0 Å². The summed E-state index contributed by atoms with van der Waals surface area (Å²) in [7, 11) is 0. The topological polar surface area (TPSA) is 20.2 Å². The Balaban J connectivity index is 4.27. The molecular formula is C11H24O. The average molecular weight is 172 g/mol. The summed E-state index contributed by atoms with van der Waals surface area (Å²) in [5.41, 5.74) is 0.0875. The summed E-state index contributed by atoms with van der Waals surface area (Å²) in [4.78, 5) is 0. The lowest BCUT2D eigenvalue weighted by atomic mass is 9.71. The predicted molar refractivity (Wildman–Crippen MR) is 54.1 cm³/mol. The Labute approximate surface area is 77.2 Å². The van der Waals surface area contributed by atoms with Crippen LogP contribution in [0.15, 0.2) is 0 Å². The Morgan fingerprint density at radius 3 is 2.00 bits per heavy atom. The molecule has 0 radical (unpaired) electrons. The molecule has 1 nitrogen and oxygen atoms in total. The minimum absolute atomic E-state index is 0.0875. The number of aliphatic hydroxyl groups is 1. The lowest BCUT2D eigenvalue weighted by molar-refractivity contribution is 0.0636. The lowest BCUT2D eigenvalue weighted by Gasteiger charge is -2.35. The Bertz CT molecular complexity index is 116. The first-order chi connectivity index (χ1) is 5.45. The maximum atomic E-state index is 9.24. The largest absolute Gasteiger partial charge is 0.396 e. The van der Waals surface area contributed by atoms with Crippen LogP contribution in [0.4, 0.5) is 0 Å². The van der Waals surface area contributed by atoms with Crippen molar-refractivity contribution < 1.29 is 5.11 Å². The molecule has 1 N–H and O–H groups in total. The van der Waals surface area contributed by atoms with Gasteiger partial charge in [0.05, 0.1) is 0 Å². The second-order valence-electron chi connectivity index (χ2n) is 4.79. The van der Waals surface area contributed by atoms with Gasteiger partial charge in [0, 0.05) is 6.61 Å². The molecule has 0 aliphatic rings. The zero-order valence-corrected chi connectivity index (χ0v) is 9.22. The quantitative estimate of drug-likeness (QED) is 0.675. The summed E-state index contributed by atoms with van der Waals surface area (Å²) in [6.07, 6.45) is 2.44. The van der Waals surface area contributed by atoms with Gasteiger partial charge in [0.15, 0.2) is 0 Å². The molecule has 0 bridgehead atoms. The van der Waals surface area contributed by atoms with Gasteiger partial charge in [0.1, 0.15) is 0 Å². The van der Waals surface area contributed by atoms with E-state index in [1.54, 1.807) is 0 Å². The third-order valence-electron chi connectivity index (χ3n) is 2.82. The van der Waals surface area contributed by atoms with Crippen LogP contribution < -0.4 is 0 Å². The van der Waals surface area contributed by atoms with Crippen LogP contribution in [0, 0.1) is 17.3 Å². The Morgan fingerprint density at radius 2 is 1.75 bits per heavy atom. The van der Waals surface area contributed by atoms with Gasteiger partial charge < -0.3 is 5.11 Å². The fraction of sp³-hybridized carbons (Fsp3) is 1.00. The van der Waals surface area contributed by atoms with Gasteiger partial charge in [0.2, 0.25) is 0 Å². The van der Waals surface area contributed by atoms with Crippen molar-refractivity contribution in [1.29, 1.82) is 0 Å². The van der Waals surface area contributed by atoms with Crippen molar-refractivity contribution in [3.8, 4) is 0 Å². The maximum Gasteiger partial charge on any atom is 0.0484 e. The van der Waals surface area contributed by atoms with Crippen molar-refractivity contribution in [3.63, 3.8) is 0 Å². The van der Waals surface area contributed by atoms with Crippen LogP contribution in [0.2, 0.25) is 0 Å². The molecule has 12 heavy (non-hydrogen) atoms. The highest BCUT2D eigenvalue weighted by Crippen LogP contribution is 2.35. The van der Waals surface area contributed by atoms with Crippen LogP contribution in [0.25, 0.3) is 0 Å². The standard InChI is InChI=1S/C11H24O/c1-6-7-10(9(2)3)11(4,5)8-12/h9-10,12H,6-8H2,1-5H3/t10-/m0/s1. The SMILES string of the molecule is CCC[C@@H](C(C)C)C(C)(C)CO. The summed E-state index contributed by atoms with van der Waals surface area (Å²) in [5.74, 6) is 1.32. The van der Waals surface area contributed by atoms with Crippen LogP contribution in [0.5, 0.6) is 0 Å². The lowest BCUT2D eigenvalue weighted by Crippen LogP contribution is -2.31. The molecule has 0 aliphatic carbocycles. The molecular weight excluding hydrogens is 148 g/mol. The molecule has 0 aliphatic heterocycles. The van der Waals surface area contributed by atoms with Gasteiger partial charge in [-0.15, -0.1) is 0 Å². The van der Waals surface area contributed by atoms with E-state index in [1.165, 1.54) is 12.8 Å². The molecule has 0 fully saturated rings. The van der Waals surface area contributed by atoms with E-state index in [0.29, 0.717) is 18.4 Å². The summed E-state index contributed by atoms with van der Waals surface area (Å²) in [6.45, 7) is 11.3. The minimum atomic E-state index is 0.0875. The molecule has 1 atom stereocenters. The smallest absolute Gasteiger partial charge is 0.0484 e. The third kappa shape index (κ3) is 3.14. The number of aliphatic hydroxyl groups excluding tert-OH is 1. The summed E-state index contributed by atoms with van der Waals surface area (Å²) in [6, 6.07) is 0. The maximum absolute atomic E-state index is 9.24. The number of rotatable bonds is 5. The van der Waals surface area contributed by atoms with E-state index in [0.717, 1.165) is 0 Å². The molecule has 1 heteroatoms. The van der Waals surface area contributed by atoms with Crippen molar-refractivity contribution in [1.82, 2.24) is 0 Å². The molecule has 0 unspecified atom stereocenters. The van der Waals surface area contributed by atoms with Crippen LogP contribution in [-0.2, 0) is 0 Å². The highest BCUT2D eigenvalue weighted by Gasteiger charge is 2.30. The van der Waals surface area contributed by atoms with Crippen molar-refractivity contribution in [3.05, 3.63) is 0 Å². The van der Waals surface area contributed by atoms with E-state index < -0.39 is 0 Å². The number of hydrogen-bond donors (Lipinski definition) is 1. The van der Waals surface area contributed by atoms with Gasteiger partial charge in [-0.3, -0.25) is 0 Å². The van der Waals surface area contributed by atoms with E-state index in [-0.39, 0.29) is 5.41 Å². The van der Waals surface area contributed by atoms with Gasteiger partial charge in [-0.25, -0.2) is 0 Å². The fourth-order valence-electron chi connectivity index (χ4n) is 2.05. The third-order valence-corrected chi connectivity index (χ3v) is 2.82. The monoisotopic (exact) mass is 172 g/mol. The highest BCUT2D eigenvalue weighted by atomic mass is 16.3. The van der Waals surface area contributed by atoms with Crippen molar-refractivity contribution in [2.24, 2.45) is 17.3 Å². The van der Waals surface area contributed by atoms with Crippen LogP contribution in [-0.4, -0.2) is 11.7 Å². The van der Waals surface area contributed by atoms with Crippen LogP contribution in [0.3, 0.4) is 0 Å². The Morgan fingerprint density at radius 1 is 1.25 bits per heavy atom. The second kappa shape index (κ2) is 4.86.